The molecule has 0 aromatic carbocycles. The zero-order valence-electron chi connectivity index (χ0n) is 12.2. The van der Waals surface area contributed by atoms with E-state index in [1.165, 1.54) is 24.2 Å². The maximum atomic E-state index is 12.4. The molecule has 2 fully saturated rings. The van der Waals surface area contributed by atoms with E-state index in [0.717, 1.165) is 25.7 Å². The first kappa shape index (κ1) is 15.0. The number of amides is 4. The van der Waals surface area contributed by atoms with Crippen LogP contribution in [0.1, 0.15) is 64.7 Å². The molecule has 5 heteroatoms. The van der Waals surface area contributed by atoms with Crippen molar-refractivity contribution in [2.45, 2.75) is 64.7 Å². The van der Waals surface area contributed by atoms with Gasteiger partial charge in [0.2, 0.25) is 11.8 Å². The van der Waals surface area contributed by atoms with Gasteiger partial charge in [0, 0.05) is 6.54 Å². The van der Waals surface area contributed by atoms with Crippen molar-refractivity contribution in [3.05, 3.63) is 0 Å². The van der Waals surface area contributed by atoms with Gasteiger partial charge >= 0.3 is 6.03 Å². The lowest BCUT2D eigenvalue weighted by atomic mass is 9.66. The maximum Gasteiger partial charge on any atom is 0.330 e. The van der Waals surface area contributed by atoms with E-state index in [1.54, 1.807) is 0 Å². The standard InChI is InChI=1S/C15H24N2O3/c1-2-3-4-5-6-7-11-17-13(19)15(9-8-10-15)12(18)16-14(17)20/h2-11H2,1H3,(H,16,18,20). The lowest BCUT2D eigenvalue weighted by Gasteiger charge is -2.44. The summed E-state index contributed by atoms with van der Waals surface area (Å²) >= 11 is 0. The Morgan fingerprint density at radius 3 is 2.30 bits per heavy atom. The number of hydrogen-bond acceptors (Lipinski definition) is 3. The monoisotopic (exact) mass is 280 g/mol. The van der Waals surface area contributed by atoms with E-state index >= 15 is 0 Å². The number of nitrogens with one attached hydrogen (secondary N) is 1. The zero-order chi connectivity index (χ0) is 14.6. The van der Waals surface area contributed by atoms with Gasteiger partial charge in [0.05, 0.1) is 0 Å². The molecule has 1 aliphatic carbocycles. The van der Waals surface area contributed by atoms with Crippen molar-refractivity contribution in [2.24, 2.45) is 5.41 Å². The molecule has 0 atom stereocenters. The second kappa shape index (κ2) is 6.37. The van der Waals surface area contributed by atoms with E-state index in [4.69, 9.17) is 0 Å². The summed E-state index contributed by atoms with van der Waals surface area (Å²) in [6, 6.07) is -0.536. The second-order valence-corrected chi connectivity index (χ2v) is 5.92. The molecule has 2 rings (SSSR count). The van der Waals surface area contributed by atoms with Crippen LogP contribution >= 0.6 is 0 Å². The first-order chi connectivity index (χ1) is 9.62. The zero-order valence-corrected chi connectivity index (χ0v) is 12.2. The molecular weight excluding hydrogens is 256 g/mol. The van der Waals surface area contributed by atoms with Crippen molar-refractivity contribution >= 4 is 17.8 Å². The van der Waals surface area contributed by atoms with Gasteiger partial charge in [-0.2, -0.15) is 0 Å². The van der Waals surface area contributed by atoms with Crippen molar-refractivity contribution in [3.63, 3.8) is 0 Å². The number of unbranched alkanes of at least 4 members (excludes halogenated alkanes) is 5. The Kier molecular flexibility index (Phi) is 4.78. The summed E-state index contributed by atoms with van der Waals surface area (Å²) in [6.45, 7) is 2.61. The summed E-state index contributed by atoms with van der Waals surface area (Å²) in [5.74, 6) is -0.663. The average Bonchev–Trinajstić information content (AvgIpc) is 2.35. The van der Waals surface area contributed by atoms with Crippen LogP contribution in [0, 0.1) is 5.41 Å². The van der Waals surface area contributed by atoms with E-state index in [0.29, 0.717) is 19.4 Å². The van der Waals surface area contributed by atoms with Crippen molar-refractivity contribution < 1.29 is 14.4 Å². The molecule has 20 heavy (non-hydrogen) atoms. The first-order valence-corrected chi connectivity index (χ1v) is 7.79. The molecule has 0 unspecified atom stereocenters. The summed E-state index contributed by atoms with van der Waals surface area (Å²) < 4.78 is 0. The number of carbonyl (C=O) groups is 3. The number of nitrogens with zero attached hydrogens (tertiary/aromatic N) is 1. The fourth-order valence-corrected chi connectivity index (χ4v) is 2.96. The Bertz CT molecular complexity index is 402. The van der Waals surface area contributed by atoms with E-state index in [-0.39, 0.29) is 5.91 Å². The van der Waals surface area contributed by atoms with Crippen molar-refractivity contribution in [1.29, 1.82) is 0 Å². The molecule has 112 valence electrons. The van der Waals surface area contributed by atoms with Gasteiger partial charge in [0.25, 0.3) is 0 Å². The molecule has 1 spiro atoms. The first-order valence-electron chi connectivity index (χ1n) is 7.79. The molecule has 1 N–H and O–H groups in total. The van der Waals surface area contributed by atoms with Gasteiger partial charge < -0.3 is 0 Å². The Hall–Kier alpha value is -1.39. The van der Waals surface area contributed by atoms with Gasteiger partial charge in [-0.05, 0) is 19.3 Å². The van der Waals surface area contributed by atoms with Crippen molar-refractivity contribution in [1.82, 2.24) is 10.2 Å². The van der Waals surface area contributed by atoms with Crippen LogP contribution in [0.15, 0.2) is 0 Å². The predicted molar refractivity (Wildman–Crippen MR) is 74.9 cm³/mol. The highest BCUT2D eigenvalue weighted by Gasteiger charge is 2.57. The normalized spacial score (nSPS) is 21.1. The summed E-state index contributed by atoms with van der Waals surface area (Å²) in [5, 5.41) is 2.34. The summed E-state index contributed by atoms with van der Waals surface area (Å²) in [6.07, 6.45) is 8.69. The van der Waals surface area contributed by atoms with Crippen LogP contribution in [0.3, 0.4) is 0 Å². The fourth-order valence-electron chi connectivity index (χ4n) is 2.96. The average molecular weight is 280 g/mol. The third-order valence-electron chi connectivity index (χ3n) is 4.50. The molecule has 1 heterocycles. The SMILES string of the molecule is CCCCCCCCN1C(=O)NC(=O)C2(CCC2)C1=O. The molecule has 1 saturated carbocycles. The number of rotatable bonds is 7. The lowest BCUT2D eigenvalue weighted by Crippen LogP contribution is -2.66. The lowest BCUT2D eigenvalue weighted by molar-refractivity contribution is -0.157. The molecule has 0 bridgehead atoms. The van der Waals surface area contributed by atoms with E-state index in [9.17, 15) is 14.4 Å². The molecule has 0 aromatic heterocycles. The van der Waals surface area contributed by atoms with E-state index in [2.05, 4.69) is 12.2 Å². The molecule has 5 nitrogen and oxygen atoms in total. The fraction of sp³-hybridized carbons (Fsp3) is 0.800. The smallest absolute Gasteiger partial charge is 0.277 e. The van der Waals surface area contributed by atoms with E-state index in [1.807, 2.05) is 0 Å². The largest absolute Gasteiger partial charge is 0.330 e. The minimum Gasteiger partial charge on any atom is -0.277 e. The third kappa shape index (κ3) is 2.72. The third-order valence-corrected chi connectivity index (χ3v) is 4.50. The molecule has 4 amide bonds. The van der Waals surface area contributed by atoms with Gasteiger partial charge in [-0.25, -0.2) is 4.79 Å². The van der Waals surface area contributed by atoms with Crippen LogP contribution in [0.2, 0.25) is 0 Å². The van der Waals surface area contributed by atoms with Gasteiger partial charge in [0.1, 0.15) is 5.41 Å². The van der Waals surface area contributed by atoms with Crippen LogP contribution in [0.25, 0.3) is 0 Å². The molecule has 1 aliphatic heterocycles. The highest BCUT2D eigenvalue weighted by atomic mass is 16.2. The molecule has 1 saturated heterocycles. The number of hydrogen-bond donors (Lipinski definition) is 1. The predicted octanol–water partition coefficient (Wildman–Crippen LogP) is 2.60. The van der Waals surface area contributed by atoms with Crippen LogP contribution < -0.4 is 5.32 Å². The minimum atomic E-state index is -0.921. The summed E-state index contributed by atoms with van der Waals surface area (Å²) in [7, 11) is 0. The van der Waals surface area contributed by atoms with Gasteiger partial charge in [0.15, 0.2) is 0 Å². The quantitative estimate of drug-likeness (QED) is 0.576. The number of urea groups is 1. The number of imide groups is 2. The van der Waals surface area contributed by atoms with Gasteiger partial charge in [-0.1, -0.05) is 45.4 Å². The molecule has 0 radical (unpaired) electrons. The Balaban J connectivity index is 1.82. The Morgan fingerprint density at radius 2 is 1.70 bits per heavy atom. The highest BCUT2D eigenvalue weighted by molar-refractivity contribution is 6.19. The molecule has 2 aliphatic rings. The van der Waals surface area contributed by atoms with Crippen molar-refractivity contribution in [2.75, 3.05) is 6.54 Å². The maximum absolute atomic E-state index is 12.4. The van der Waals surface area contributed by atoms with Crippen molar-refractivity contribution in [3.8, 4) is 0 Å². The van der Waals surface area contributed by atoms with Crippen LogP contribution in [0.4, 0.5) is 4.79 Å². The minimum absolute atomic E-state index is 0.272. The van der Waals surface area contributed by atoms with Gasteiger partial charge in [-0.3, -0.25) is 19.8 Å². The van der Waals surface area contributed by atoms with E-state index < -0.39 is 17.4 Å². The number of barbiturate groups is 1. The van der Waals surface area contributed by atoms with Gasteiger partial charge in [-0.15, -0.1) is 0 Å². The molecule has 0 aromatic rings. The van der Waals surface area contributed by atoms with Crippen LogP contribution in [0.5, 0.6) is 0 Å². The Morgan fingerprint density at radius 1 is 1.05 bits per heavy atom. The summed E-state index contributed by atoms with van der Waals surface area (Å²) in [5.41, 5.74) is -0.921. The van der Waals surface area contributed by atoms with Crippen LogP contribution in [-0.4, -0.2) is 29.3 Å². The topological polar surface area (TPSA) is 66.5 Å². The second-order valence-electron chi connectivity index (χ2n) is 5.92. The number of carbonyl (C=O) groups excluding carboxylic acids is 3. The van der Waals surface area contributed by atoms with Crippen LogP contribution in [-0.2, 0) is 9.59 Å². The highest BCUT2D eigenvalue weighted by Crippen LogP contribution is 2.44. The summed E-state index contributed by atoms with van der Waals surface area (Å²) in [4.78, 5) is 37.2. The molecular formula is C15H24N2O3. The Labute approximate surface area is 120 Å².